The molecule has 1 aliphatic carbocycles. The fourth-order valence-electron chi connectivity index (χ4n) is 3.54. The van der Waals surface area contributed by atoms with E-state index in [4.69, 9.17) is 5.11 Å². The van der Waals surface area contributed by atoms with Crippen molar-refractivity contribution in [1.82, 2.24) is 4.31 Å². The van der Waals surface area contributed by atoms with Gasteiger partial charge in [0.05, 0.1) is 11.3 Å². The first-order valence-electron chi connectivity index (χ1n) is 7.84. The molecule has 1 saturated heterocycles. The van der Waals surface area contributed by atoms with E-state index < -0.39 is 22.0 Å². The molecule has 0 saturated carbocycles. The van der Waals surface area contributed by atoms with Crippen molar-refractivity contribution in [1.29, 1.82) is 0 Å². The molecule has 6 heteroatoms. The molecule has 2 aliphatic rings. The van der Waals surface area contributed by atoms with Crippen LogP contribution < -0.4 is 0 Å². The number of benzene rings is 1. The first-order valence-corrected chi connectivity index (χ1v) is 9.28. The van der Waals surface area contributed by atoms with Gasteiger partial charge in [0, 0.05) is 12.6 Å². The van der Waals surface area contributed by atoms with Gasteiger partial charge in [-0.25, -0.2) is 8.42 Å². The number of fused-ring (bicyclic) bond motifs is 1. The predicted octanol–water partition coefficient (Wildman–Crippen LogP) is 2.19. The van der Waals surface area contributed by atoms with Gasteiger partial charge in [-0.05, 0) is 55.4 Å². The molecule has 0 amide bonds. The Hall–Kier alpha value is -1.40. The molecular weight excluding hydrogens is 302 g/mol. The van der Waals surface area contributed by atoms with Crippen LogP contribution in [-0.4, -0.2) is 36.4 Å². The molecule has 1 fully saturated rings. The summed E-state index contributed by atoms with van der Waals surface area (Å²) in [6.07, 6.45) is 5.19. The predicted molar refractivity (Wildman–Crippen MR) is 82.3 cm³/mol. The molecule has 1 aliphatic heterocycles. The third-order valence-electron chi connectivity index (χ3n) is 4.66. The van der Waals surface area contributed by atoms with Crippen molar-refractivity contribution in [3.8, 4) is 0 Å². The molecule has 0 aromatic heterocycles. The zero-order chi connectivity index (χ0) is 15.7. The van der Waals surface area contributed by atoms with Crippen LogP contribution in [0.1, 0.15) is 43.2 Å². The second kappa shape index (κ2) is 6.01. The summed E-state index contributed by atoms with van der Waals surface area (Å²) in [5.41, 5.74) is 2.35. The molecule has 22 heavy (non-hydrogen) atoms. The van der Waals surface area contributed by atoms with Crippen LogP contribution in [0.3, 0.4) is 0 Å². The first-order chi connectivity index (χ1) is 10.5. The molecule has 1 atom stereocenters. The van der Waals surface area contributed by atoms with E-state index in [9.17, 15) is 13.2 Å². The van der Waals surface area contributed by atoms with Crippen molar-refractivity contribution < 1.29 is 18.3 Å². The van der Waals surface area contributed by atoms with Crippen LogP contribution in [0.2, 0.25) is 0 Å². The Morgan fingerprint density at radius 1 is 1.18 bits per heavy atom. The van der Waals surface area contributed by atoms with Gasteiger partial charge in [0.1, 0.15) is 0 Å². The SMILES string of the molecule is O=C(O)CC1CCCCN1S(=O)(=O)c1ccc2c(c1)CCC2. The lowest BCUT2D eigenvalue weighted by Gasteiger charge is -2.33. The highest BCUT2D eigenvalue weighted by atomic mass is 32.2. The molecule has 5 nitrogen and oxygen atoms in total. The Balaban J connectivity index is 1.91. The fourth-order valence-corrected chi connectivity index (χ4v) is 5.28. The van der Waals surface area contributed by atoms with Crippen LogP contribution >= 0.6 is 0 Å². The Bertz CT molecular complexity index is 683. The maximum Gasteiger partial charge on any atom is 0.304 e. The second-order valence-electron chi connectivity index (χ2n) is 6.15. The summed E-state index contributed by atoms with van der Waals surface area (Å²) in [6, 6.07) is 4.94. The molecular formula is C16H21NO4S. The Kier molecular flexibility index (Phi) is 4.23. The van der Waals surface area contributed by atoms with Crippen LogP contribution in [0.5, 0.6) is 0 Å². The second-order valence-corrected chi connectivity index (χ2v) is 8.04. The van der Waals surface area contributed by atoms with Gasteiger partial charge in [-0.1, -0.05) is 12.5 Å². The Labute approximate surface area is 131 Å². The van der Waals surface area contributed by atoms with E-state index in [2.05, 4.69) is 0 Å². The highest BCUT2D eigenvalue weighted by Crippen LogP contribution is 2.30. The maximum atomic E-state index is 12.9. The average molecular weight is 323 g/mol. The quantitative estimate of drug-likeness (QED) is 0.921. The van der Waals surface area contributed by atoms with Gasteiger partial charge in [0.2, 0.25) is 10.0 Å². The van der Waals surface area contributed by atoms with E-state index in [1.807, 2.05) is 6.07 Å². The van der Waals surface area contributed by atoms with Crippen molar-refractivity contribution in [2.24, 2.45) is 0 Å². The van der Waals surface area contributed by atoms with Crippen LogP contribution in [0.15, 0.2) is 23.1 Å². The summed E-state index contributed by atoms with van der Waals surface area (Å²) in [5, 5.41) is 9.03. The van der Waals surface area contributed by atoms with E-state index in [1.54, 1.807) is 12.1 Å². The standard InChI is InChI=1S/C16H21NO4S/c18-16(19)11-14-6-1-2-9-17(14)22(20,21)15-8-7-12-4-3-5-13(12)10-15/h7-8,10,14H,1-6,9,11H2,(H,18,19). The fraction of sp³-hybridized carbons (Fsp3) is 0.562. The number of aryl methyl sites for hydroxylation is 2. The first kappa shape index (κ1) is 15.5. The van der Waals surface area contributed by atoms with E-state index in [1.165, 1.54) is 9.87 Å². The normalized spacial score (nSPS) is 22.5. The van der Waals surface area contributed by atoms with Crippen LogP contribution in [-0.2, 0) is 27.7 Å². The van der Waals surface area contributed by atoms with Crippen molar-refractivity contribution in [2.75, 3.05) is 6.54 Å². The number of piperidine rings is 1. The van der Waals surface area contributed by atoms with Gasteiger partial charge in [-0.2, -0.15) is 4.31 Å². The number of rotatable bonds is 4. The van der Waals surface area contributed by atoms with Crippen molar-refractivity contribution >= 4 is 16.0 Å². The minimum atomic E-state index is -3.61. The molecule has 0 bridgehead atoms. The van der Waals surface area contributed by atoms with Gasteiger partial charge in [-0.3, -0.25) is 4.79 Å². The zero-order valence-corrected chi connectivity index (χ0v) is 13.3. The maximum absolute atomic E-state index is 12.9. The van der Waals surface area contributed by atoms with Gasteiger partial charge >= 0.3 is 5.97 Å². The van der Waals surface area contributed by atoms with E-state index in [0.717, 1.165) is 37.7 Å². The van der Waals surface area contributed by atoms with Crippen molar-refractivity contribution in [3.63, 3.8) is 0 Å². The average Bonchev–Trinajstić information content (AvgIpc) is 2.94. The summed E-state index contributed by atoms with van der Waals surface area (Å²) in [6.45, 7) is 0.414. The monoisotopic (exact) mass is 323 g/mol. The topological polar surface area (TPSA) is 74.7 Å². The summed E-state index contributed by atoms with van der Waals surface area (Å²) in [5.74, 6) is -0.943. The van der Waals surface area contributed by atoms with Crippen LogP contribution in [0.25, 0.3) is 0 Å². The highest BCUT2D eigenvalue weighted by molar-refractivity contribution is 7.89. The van der Waals surface area contributed by atoms with Crippen LogP contribution in [0.4, 0.5) is 0 Å². The number of nitrogens with zero attached hydrogens (tertiary/aromatic N) is 1. The lowest BCUT2D eigenvalue weighted by molar-refractivity contribution is -0.138. The summed E-state index contributed by atoms with van der Waals surface area (Å²) >= 11 is 0. The molecule has 0 spiro atoms. The summed E-state index contributed by atoms with van der Waals surface area (Å²) in [7, 11) is -3.61. The number of carbonyl (C=O) groups is 1. The van der Waals surface area contributed by atoms with Gasteiger partial charge in [0.15, 0.2) is 0 Å². The molecule has 3 rings (SSSR count). The number of hydrogen-bond donors (Lipinski definition) is 1. The number of aliphatic carboxylic acids is 1. The number of sulfonamides is 1. The summed E-state index contributed by atoms with van der Waals surface area (Å²) in [4.78, 5) is 11.3. The minimum absolute atomic E-state index is 0.121. The largest absolute Gasteiger partial charge is 0.481 e. The molecule has 120 valence electrons. The van der Waals surface area contributed by atoms with Crippen LogP contribution in [0, 0.1) is 0 Å². The Morgan fingerprint density at radius 2 is 1.95 bits per heavy atom. The molecule has 1 aromatic carbocycles. The highest BCUT2D eigenvalue weighted by Gasteiger charge is 2.35. The molecule has 1 unspecified atom stereocenters. The number of hydrogen-bond acceptors (Lipinski definition) is 3. The smallest absolute Gasteiger partial charge is 0.304 e. The summed E-state index contributed by atoms with van der Waals surface area (Å²) < 4.78 is 27.2. The molecule has 1 aromatic rings. The minimum Gasteiger partial charge on any atom is -0.481 e. The lowest BCUT2D eigenvalue weighted by atomic mass is 10.0. The van der Waals surface area contributed by atoms with E-state index >= 15 is 0 Å². The molecule has 0 radical (unpaired) electrons. The Morgan fingerprint density at radius 3 is 2.73 bits per heavy atom. The van der Waals surface area contributed by atoms with Crippen molar-refractivity contribution in [3.05, 3.63) is 29.3 Å². The number of carboxylic acid groups (broad SMARTS) is 1. The zero-order valence-electron chi connectivity index (χ0n) is 12.5. The van der Waals surface area contributed by atoms with E-state index in [-0.39, 0.29) is 6.42 Å². The van der Waals surface area contributed by atoms with Gasteiger partial charge in [-0.15, -0.1) is 0 Å². The van der Waals surface area contributed by atoms with Crippen molar-refractivity contribution in [2.45, 2.75) is 55.9 Å². The van der Waals surface area contributed by atoms with Gasteiger partial charge in [0.25, 0.3) is 0 Å². The molecule has 1 heterocycles. The third-order valence-corrected chi connectivity index (χ3v) is 6.61. The number of carboxylic acids is 1. The van der Waals surface area contributed by atoms with E-state index in [0.29, 0.717) is 17.9 Å². The molecule has 1 N–H and O–H groups in total. The third kappa shape index (κ3) is 2.90. The lowest BCUT2D eigenvalue weighted by Crippen LogP contribution is -2.44. The van der Waals surface area contributed by atoms with Gasteiger partial charge < -0.3 is 5.11 Å².